The summed E-state index contributed by atoms with van der Waals surface area (Å²) >= 11 is 5.86. The third-order valence-electron chi connectivity index (χ3n) is 2.59. The molecule has 2 rings (SSSR count). The fourth-order valence-electron chi connectivity index (χ4n) is 1.72. The van der Waals surface area contributed by atoms with Crippen LogP contribution in [-0.2, 0) is 0 Å². The molecule has 19 heavy (non-hydrogen) atoms. The van der Waals surface area contributed by atoms with E-state index in [1.54, 1.807) is 39.5 Å². The van der Waals surface area contributed by atoms with Crippen LogP contribution in [-0.4, -0.2) is 31.3 Å². The number of methoxy groups -OCH3 is 3. The van der Waals surface area contributed by atoms with Crippen LogP contribution in [0.15, 0.2) is 24.5 Å². The number of rotatable bonds is 4. The number of nitrogens with zero attached hydrogens (tertiary/aromatic N) is 2. The smallest absolute Gasteiger partial charge is 0.203 e. The van der Waals surface area contributed by atoms with Crippen LogP contribution < -0.4 is 14.2 Å². The average molecular weight is 281 g/mol. The van der Waals surface area contributed by atoms with E-state index < -0.39 is 0 Å². The topological polar surface area (TPSA) is 53.5 Å². The first-order valence-corrected chi connectivity index (χ1v) is 5.85. The maximum Gasteiger partial charge on any atom is 0.203 e. The van der Waals surface area contributed by atoms with Crippen molar-refractivity contribution in [1.82, 2.24) is 9.97 Å². The highest BCUT2D eigenvalue weighted by Gasteiger charge is 2.14. The highest BCUT2D eigenvalue weighted by Crippen LogP contribution is 2.40. The largest absolute Gasteiger partial charge is 0.493 e. The van der Waals surface area contributed by atoms with Crippen molar-refractivity contribution in [2.45, 2.75) is 0 Å². The van der Waals surface area contributed by atoms with Crippen LogP contribution in [0.3, 0.4) is 0 Å². The molecule has 0 amide bonds. The molecule has 0 aliphatic heterocycles. The predicted molar refractivity (Wildman–Crippen MR) is 72.1 cm³/mol. The highest BCUT2D eigenvalue weighted by molar-refractivity contribution is 6.29. The molecule has 2 aromatic rings. The summed E-state index contributed by atoms with van der Waals surface area (Å²) in [6.45, 7) is 0. The summed E-state index contributed by atoms with van der Waals surface area (Å²) in [5.74, 6) is 1.66. The summed E-state index contributed by atoms with van der Waals surface area (Å²) in [6, 6.07) is 5.28. The van der Waals surface area contributed by atoms with Crippen LogP contribution in [0.4, 0.5) is 0 Å². The van der Waals surface area contributed by atoms with Gasteiger partial charge in [-0.2, -0.15) is 0 Å². The van der Waals surface area contributed by atoms with E-state index in [2.05, 4.69) is 9.97 Å². The first-order chi connectivity index (χ1) is 9.19. The van der Waals surface area contributed by atoms with Crippen molar-refractivity contribution >= 4 is 11.6 Å². The predicted octanol–water partition coefficient (Wildman–Crippen LogP) is 2.82. The Labute approximate surface area is 116 Å². The lowest BCUT2D eigenvalue weighted by molar-refractivity contribution is 0.324. The minimum atomic E-state index is 0.374. The van der Waals surface area contributed by atoms with Gasteiger partial charge in [-0.25, -0.2) is 9.97 Å². The molecule has 0 saturated heterocycles. The quantitative estimate of drug-likeness (QED) is 0.806. The van der Waals surface area contributed by atoms with E-state index in [1.165, 1.54) is 6.33 Å². The van der Waals surface area contributed by atoms with E-state index >= 15 is 0 Å². The van der Waals surface area contributed by atoms with E-state index in [-0.39, 0.29) is 0 Å². The lowest BCUT2D eigenvalue weighted by Crippen LogP contribution is -1.96. The standard InChI is InChI=1S/C13H13ClN2O3/c1-17-10-4-8(5-11(18-2)13(10)19-3)9-6-12(14)16-7-15-9/h4-7H,1-3H3. The number of ether oxygens (including phenoxy) is 3. The first-order valence-electron chi connectivity index (χ1n) is 5.47. The van der Waals surface area contributed by atoms with Crippen molar-refractivity contribution in [2.75, 3.05) is 21.3 Å². The van der Waals surface area contributed by atoms with Crippen LogP contribution in [0.1, 0.15) is 0 Å². The lowest BCUT2D eigenvalue weighted by atomic mass is 10.1. The second-order valence-corrected chi connectivity index (χ2v) is 4.03. The second-order valence-electron chi connectivity index (χ2n) is 3.64. The Hall–Kier alpha value is -2.01. The molecule has 6 heteroatoms. The fraction of sp³-hybridized carbons (Fsp3) is 0.231. The van der Waals surface area contributed by atoms with Gasteiger partial charge in [-0.1, -0.05) is 11.6 Å². The molecule has 1 aromatic carbocycles. The molecule has 0 radical (unpaired) electrons. The highest BCUT2D eigenvalue weighted by atomic mass is 35.5. The maximum absolute atomic E-state index is 5.86. The fourth-order valence-corrected chi connectivity index (χ4v) is 1.87. The molecule has 5 nitrogen and oxygen atoms in total. The molecule has 0 saturated carbocycles. The van der Waals surface area contributed by atoms with E-state index in [0.717, 1.165) is 5.56 Å². The van der Waals surface area contributed by atoms with E-state index in [9.17, 15) is 0 Å². The monoisotopic (exact) mass is 280 g/mol. The van der Waals surface area contributed by atoms with Crippen LogP contribution in [0.25, 0.3) is 11.3 Å². The molecule has 0 atom stereocenters. The molecule has 0 N–H and O–H groups in total. The Morgan fingerprint density at radius 2 is 1.53 bits per heavy atom. The Bertz CT molecular complexity index is 565. The van der Waals surface area contributed by atoms with Crippen molar-refractivity contribution in [3.63, 3.8) is 0 Å². The molecule has 100 valence electrons. The molecule has 0 fully saturated rings. The van der Waals surface area contributed by atoms with Crippen LogP contribution in [0, 0.1) is 0 Å². The molecular weight excluding hydrogens is 268 g/mol. The summed E-state index contributed by atoms with van der Waals surface area (Å²) < 4.78 is 15.8. The van der Waals surface area contributed by atoms with Gasteiger partial charge in [0.05, 0.1) is 27.0 Å². The zero-order valence-electron chi connectivity index (χ0n) is 10.8. The Balaban J connectivity index is 2.59. The van der Waals surface area contributed by atoms with Gasteiger partial charge in [0.2, 0.25) is 5.75 Å². The zero-order valence-corrected chi connectivity index (χ0v) is 11.6. The summed E-state index contributed by atoms with van der Waals surface area (Å²) in [5.41, 5.74) is 1.48. The Morgan fingerprint density at radius 1 is 0.895 bits per heavy atom. The summed E-state index contributed by atoms with van der Waals surface area (Å²) in [7, 11) is 4.68. The van der Waals surface area contributed by atoms with Gasteiger partial charge in [-0.05, 0) is 12.1 Å². The van der Waals surface area contributed by atoms with Gasteiger partial charge in [0, 0.05) is 11.6 Å². The van der Waals surface area contributed by atoms with Crippen molar-refractivity contribution in [1.29, 1.82) is 0 Å². The van der Waals surface area contributed by atoms with E-state index in [1.807, 2.05) is 0 Å². The van der Waals surface area contributed by atoms with Crippen molar-refractivity contribution in [3.8, 4) is 28.5 Å². The molecule has 0 spiro atoms. The zero-order chi connectivity index (χ0) is 13.8. The van der Waals surface area contributed by atoms with E-state index in [0.29, 0.717) is 28.1 Å². The molecule has 1 aromatic heterocycles. The van der Waals surface area contributed by atoms with Crippen LogP contribution in [0.5, 0.6) is 17.2 Å². The van der Waals surface area contributed by atoms with Crippen molar-refractivity contribution in [3.05, 3.63) is 29.7 Å². The van der Waals surface area contributed by atoms with Crippen molar-refractivity contribution < 1.29 is 14.2 Å². The number of halogens is 1. The molecule has 0 aliphatic carbocycles. The minimum absolute atomic E-state index is 0.374. The average Bonchev–Trinajstić information content (AvgIpc) is 2.45. The van der Waals surface area contributed by atoms with E-state index in [4.69, 9.17) is 25.8 Å². The molecule has 0 aliphatic rings. The molecule has 0 bridgehead atoms. The van der Waals surface area contributed by atoms with Gasteiger partial charge in [0.15, 0.2) is 11.5 Å². The molecule has 1 heterocycles. The third kappa shape index (κ3) is 2.71. The van der Waals surface area contributed by atoms with Gasteiger partial charge in [0.25, 0.3) is 0 Å². The minimum Gasteiger partial charge on any atom is -0.493 e. The normalized spacial score (nSPS) is 10.1. The summed E-state index contributed by atoms with van der Waals surface area (Å²) in [6.07, 6.45) is 1.40. The number of benzene rings is 1. The first kappa shape index (κ1) is 13.4. The number of hydrogen-bond donors (Lipinski definition) is 0. The van der Waals surface area contributed by atoms with Crippen LogP contribution in [0.2, 0.25) is 5.15 Å². The SMILES string of the molecule is COc1cc(-c2cc(Cl)ncn2)cc(OC)c1OC. The van der Waals surface area contributed by atoms with Gasteiger partial charge in [0.1, 0.15) is 11.5 Å². The second kappa shape index (κ2) is 5.75. The number of hydrogen-bond acceptors (Lipinski definition) is 5. The van der Waals surface area contributed by atoms with Gasteiger partial charge >= 0.3 is 0 Å². The molecular formula is C13H13ClN2O3. The van der Waals surface area contributed by atoms with Gasteiger partial charge in [-0.3, -0.25) is 0 Å². The summed E-state index contributed by atoms with van der Waals surface area (Å²) in [4.78, 5) is 8.02. The maximum atomic E-state index is 5.86. The van der Waals surface area contributed by atoms with Crippen LogP contribution >= 0.6 is 11.6 Å². The van der Waals surface area contributed by atoms with Crippen molar-refractivity contribution in [2.24, 2.45) is 0 Å². The van der Waals surface area contributed by atoms with Gasteiger partial charge < -0.3 is 14.2 Å². The third-order valence-corrected chi connectivity index (χ3v) is 2.80. The summed E-state index contributed by atoms with van der Waals surface area (Å²) in [5, 5.41) is 0.374. The van der Waals surface area contributed by atoms with Gasteiger partial charge in [-0.15, -0.1) is 0 Å². The molecule has 0 unspecified atom stereocenters. The lowest BCUT2D eigenvalue weighted by Gasteiger charge is -2.13. The number of aromatic nitrogens is 2. The Morgan fingerprint density at radius 3 is 2.00 bits per heavy atom. The Kier molecular flexibility index (Phi) is 4.06.